The first-order chi connectivity index (χ1) is 13.2. The number of thioether (sulfide) groups is 3. The molecule has 0 saturated carbocycles. The van der Waals surface area contributed by atoms with Gasteiger partial charge in [-0.1, -0.05) is 64.7 Å². The average Bonchev–Trinajstić information content (AvgIpc) is 2.69. The second-order valence-corrected chi connectivity index (χ2v) is 9.43. The Morgan fingerprint density at radius 2 is 1.59 bits per heavy atom. The van der Waals surface area contributed by atoms with Gasteiger partial charge in [0.2, 0.25) is 5.91 Å². The van der Waals surface area contributed by atoms with Gasteiger partial charge in [-0.3, -0.25) is 4.79 Å². The van der Waals surface area contributed by atoms with Crippen molar-refractivity contribution in [3.05, 3.63) is 12.3 Å². The summed E-state index contributed by atoms with van der Waals surface area (Å²) in [7, 11) is 0. The number of nitrogens with zero attached hydrogens (tertiary/aromatic N) is 1. The zero-order chi connectivity index (χ0) is 19.7. The van der Waals surface area contributed by atoms with Gasteiger partial charge in [0.15, 0.2) is 0 Å². The van der Waals surface area contributed by atoms with Crippen molar-refractivity contribution in [2.24, 2.45) is 0 Å². The maximum absolute atomic E-state index is 12.3. The second-order valence-electron chi connectivity index (χ2n) is 6.68. The number of unbranched alkanes of at least 4 members (excludes halogenated alkanes) is 9. The van der Waals surface area contributed by atoms with E-state index >= 15 is 0 Å². The number of nitrogens with one attached hydrogen (secondary N) is 1. The van der Waals surface area contributed by atoms with Crippen molar-refractivity contribution in [3.8, 4) is 0 Å². The van der Waals surface area contributed by atoms with Crippen molar-refractivity contribution < 1.29 is 4.79 Å². The van der Waals surface area contributed by atoms with Crippen LogP contribution in [0.3, 0.4) is 0 Å². The van der Waals surface area contributed by atoms with Crippen LogP contribution >= 0.6 is 35.3 Å². The third kappa shape index (κ3) is 11.3. The van der Waals surface area contributed by atoms with Gasteiger partial charge < -0.3 is 5.32 Å². The molecule has 0 aliphatic heterocycles. The summed E-state index contributed by atoms with van der Waals surface area (Å²) in [6.45, 7) is 2.27. The van der Waals surface area contributed by atoms with E-state index in [1.54, 1.807) is 41.5 Å². The Morgan fingerprint density at radius 1 is 0.963 bits per heavy atom. The van der Waals surface area contributed by atoms with E-state index in [4.69, 9.17) is 0 Å². The molecule has 0 aliphatic carbocycles. The number of anilines is 1. The molecule has 1 rings (SSSR count). The fourth-order valence-corrected chi connectivity index (χ4v) is 4.85. The van der Waals surface area contributed by atoms with E-state index in [1.807, 2.05) is 18.6 Å². The minimum absolute atomic E-state index is 0.0747. The first kappa shape index (κ1) is 24.7. The lowest BCUT2D eigenvalue weighted by atomic mass is 10.1. The number of aromatic nitrogens is 1. The van der Waals surface area contributed by atoms with Crippen LogP contribution in [0, 0.1) is 0 Å². The number of hydrogen-bond donors (Lipinski definition) is 1. The molecule has 27 heavy (non-hydrogen) atoms. The highest BCUT2D eigenvalue weighted by Gasteiger charge is 2.12. The van der Waals surface area contributed by atoms with Crippen molar-refractivity contribution in [2.45, 2.75) is 81.1 Å². The molecule has 1 amide bonds. The Morgan fingerprint density at radius 3 is 2.19 bits per heavy atom. The molecular weight excluding hydrogens is 392 g/mol. The van der Waals surface area contributed by atoms with Crippen LogP contribution in [0.4, 0.5) is 5.69 Å². The molecule has 3 nitrogen and oxygen atoms in total. The first-order valence-electron chi connectivity index (χ1n) is 10.2. The molecule has 0 spiro atoms. The van der Waals surface area contributed by atoms with Crippen LogP contribution in [0.25, 0.3) is 0 Å². The molecule has 1 aromatic heterocycles. The van der Waals surface area contributed by atoms with Crippen molar-refractivity contribution in [1.82, 2.24) is 4.98 Å². The lowest BCUT2D eigenvalue weighted by Gasteiger charge is -2.12. The lowest BCUT2D eigenvalue weighted by molar-refractivity contribution is -0.113. The summed E-state index contributed by atoms with van der Waals surface area (Å²) in [6, 6.07) is 1.96. The van der Waals surface area contributed by atoms with E-state index in [-0.39, 0.29) is 5.91 Å². The molecule has 6 heteroatoms. The Balaban J connectivity index is 2.08. The SMILES string of the molecule is CCCCCCCCCCCCSCC(=O)Nc1c(SC)ccnc1SC. The molecular formula is C21H36N2OS3. The molecule has 0 saturated heterocycles. The second kappa shape index (κ2) is 16.6. The highest BCUT2D eigenvalue weighted by atomic mass is 32.2. The summed E-state index contributed by atoms with van der Waals surface area (Å²) in [5, 5.41) is 3.94. The van der Waals surface area contributed by atoms with Gasteiger partial charge in [0, 0.05) is 11.1 Å². The molecule has 0 atom stereocenters. The number of hydrogen-bond acceptors (Lipinski definition) is 5. The fourth-order valence-electron chi connectivity index (χ4n) is 2.90. The summed E-state index contributed by atoms with van der Waals surface area (Å²) in [4.78, 5) is 17.7. The standard InChI is InChI=1S/C21H36N2OS3/c1-4-5-6-7-8-9-10-11-12-13-16-27-17-19(24)23-20-18(25-2)14-15-22-21(20)26-3/h14-15H,4-13,16-17H2,1-3H3,(H,23,24). The maximum Gasteiger partial charge on any atom is 0.234 e. The third-order valence-corrected chi connectivity index (χ3v) is 6.95. The van der Waals surface area contributed by atoms with Crippen molar-refractivity contribution >= 4 is 46.9 Å². The highest BCUT2D eigenvalue weighted by molar-refractivity contribution is 8.00. The van der Waals surface area contributed by atoms with Crippen LogP contribution in [-0.2, 0) is 4.79 Å². The van der Waals surface area contributed by atoms with E-state index in [2.05, 4.69) is 17.2 Å². The zero-order valence-corrected chi connectivity index (χ0v) is 19.7. The van der Waals surface area contributed by atoms with Crippen LogP contribution in [0.15, 0.2) is 22.2 Å². The molecule has 0 aromatic carbocycles. The quantitative estimate of drug-likeness (QED) is 0.224. The largest absolute Gasteiger partial charge is 0.322 e. The monoisotopic (exact) mass is 428 g/mol. The van der Waals surface area contributed by atoms with Crippen LogP contribution in [0.1, 0.15) is 71.1 Å². The van der Waals surface area contributed by atoms with Gasteiger partial charge in [-0.25, -0.2) is 4.98 Å². The van der Waals surface area contributed by atoms with Gasteiger partial charge in [0.05, 0.1) is 11.4 Å². The van der Waals surface area contributed by atoms with Crippen LogP contribution in [0.2, 0.25) is 0 Å². The van der Waals surface area contributed by atoms with Gasteiger partial charge in [-0.15, -0.1) is 23.5 Å². The summed E-state index contributed by atoms with van der Waals surface area (Å²) in [6.07, 6.45) is 19.4. The fraction of sp³-hybridized carbons (Fsp3) is 0.714. The zero-order valence-electron chi connectivity index (χ0n) is 17.2. The normalized spacial score (nSPS) is 10.9. The molecule has 154 valence electrons. The van der Waals surface area contributed by atoms with Gasteiger partial charge in [0.1, 0.15) is 5.03 Å². The molecule has 1 aromatic rings. The molecule has 0 fully saturated rings. The Kier molecular flexibility index (Phi) is 15.2. The smallest absolute Gasteiger partial charge is 0.234 e. The summed E-state index contributed by atoms with van der Waals surface area (Å²) >= 11 is 4.95. The number of rotatable bonds is 16. The Hall–Kier alpha value is -0.330. The van der Waals surface area contributed by atoms with Gasteiger partial charge in [-0.05, 0) is 30.8 Å². The van der Waals surface area contributed by atoms with E-state index in [9.17, 15) is 4.79 Å². The molecule has 0 radical (unpaired) electrons. The highest BCUT2D eigenvalue weighted by Crippen LogP contribution is 2.32. The van der Waals surface area contributed by atoms with Crippen LogP contribution in [-0.4, -0.2) is 34.9 Å². The third-order valence-electron chi connectivity index (χ3n) is 4.43. The van der Waals surface area contributed by atoms with Gasteiger partial charge in [0.25, 0.3) is 0 Å². The van der Waals surface area contributed by atoms with Crippen molar-refractivity contribution in [2.75, 3.05) is 29.3 Å². The average molecular weight is 429 g/mol. The molecule has 0 aliphatic rings. The predicted molar refractivity (Wildman–Crippen MR) is 126 cm³/mol. The first-order valence-corrected chi connectivity index (χ1v) is 13.8. The van der Waals surface area contributed by atoms with Gasteiger partial charge in [-0.2, -0.15) is 11.8 Å². The molecule has 1 heterocycles. The van der Waals surface area contributed by atoms with E-state index in [0.717, 1.165) is 21.4 Å². The van der Waals surface area contributed by atoms with E-state index in [1.165, 1.54) is 64.2 Å². The minimum Gasteiger partial charge on any atom is -0.322 e. The molecule has 0 unspecified atom stereocenters. The lowest BCUT2D eigenvalue weighted by Crippen LogP contribution is -2.16. The summed E-state index contributed by atoms with van der Waals surface area (Å²) in [5.74, 6) is 1.67. The Bertz CT molecular complexity index is 504. The number of amides is 1. The summed E-state index contributed by atoms with van der Waals surface area (Å²) < 4.78 is 0. The van der Waals surface area contributed by atoms with Crippen molar-refractivity contribution in [1.29, 1.82) is 0 Å². The molecule has 0 bridgehead atoms. The van der Waals surface area contributed by atoms with Gasteiger partial charge >= 0.3 is 0 Å². The topological polar surface area (TPSA) is 42.0 Å². The van der Waals surface area contributed by atoms with Crippen LogP contribution in [0.5, 0.6) is 0 Å². The maximum atomic E-state index is 12.3. The van der Waals surface area contributed by atoms with E-state index < -0.39 is 0 Å². The van der Waals surface area contributed by atoms with Crippen LogP contribution < -0.4 is 5.32 Å². The number of carbonyl (C=O) groups excluding carboxylic acids is 1. The number of pyridine rings is 1. The predicted octanol–water partition coefficient (Wildman–Crippen LogP) is 7.12. The minimum atomic E-state index is 0.0747. The Labute approximate surface area is 179 Å². The van der Waals surface area contributed by atoms with E-state index in [0.29, 0.717) is 5.75 Å². The molecule has 1 N–H and O–H groups in total. The number of carbonyl (C=O) groups is 1. The van der Waals surface area contributed by atoms with Crippen molar-refractivity contribution in [3.63, 3.8) is 0 Å². The summed E-state index contributed by atoms with van der Waals surface area (Å²) in [5.41, 5.74) is 0.863.